The molecule has 1 saturated heterocycles. The molecule has 1 fully saturated rings. The molecule has 16 heavy (non-hydrogen) atoms. The molecule has 0 bridgehead atoms. The highest BCUT2D eigenvalue weighted by Crippen LogP contribution is 2.17. The van der Waals surface area contributed by atoms with Gasteiger partial charge in [0.05, 0.1) is 5.69 Å². The summed E-state index contributed by atoms with van der Waals surface area (Å²) in [6.45, 7) is 2.22. The minimum atomic E-state index is 0.397. The summed E-state index contributed by atoms with van der Waals surface area (Å²) in [6.07, 6.45) is 2.40. The van der Waals surface area contributed by atoms with Gasteiger partial charge in [0, 0.05) is 12.6 Å². The van der Waals surface area contributed by atoms with Crippen molar-refractivity contribution in [2.75, 3.05) is 36.9 Å². The van der Waals surface area contributed by atoms with Crippen molar-refractivity contribution < 1.29 is 0 Å². The molecule has 1 aromatic heterocycles. The van der Waals surface area contributed by atoms with Crippen molar-refractivity contribution in [1.82, 2.24) is 9.88 Å². The summed E-state index contributed by atoms with van der Waals surface area (Å²) >= 11 is 0. The second-order valence-corrected chi connectivity index (χ2v) is 4.42. The minimum Gasteiger partial charge on any atom is -0.396 e. The van der Waals surface area contributed by atoms with E-state index in [2.05, 4.69) is 22.2 Å². The quantitative estimate of drug-likeness (QED) is 0.686. The highest BCUT2D eigenvalue weighted by molar-refractivity contribution is 5.61. The number of nitrogens with zero attached hydrogens (tertiary/aromatic N) is 2. The zero-order valence-electron chi connectivity index (χ0n) is 9.61. The van der Waals surface area contributed by atoms with Gasteiger partial charge in [0.2, 0.25) is 0 Å². The molecule has 1 aromatic rings. The molecule has 0 spiro atoms. The van der Waals surface area contributed by atoms with E-state index in [-0.39, 0.29) is 0 Å². The maximum atomic E-state index is 5.67. The normalized spacial score (nSPS) is 21.9. The van der Waals surface area contributed by atoms with Gasteiger partial charge < -0.3 is 21.7 Å². The summed E-state index contributed by atoms with van der Waals surface area (Å²) < 4.78 is 0. The number of pyridine rings is 1. The van der Waals surface area contributed by atoms with E-state index in [9.17, 15) is 0 Å². The van der Waals surface area contributed by atoms with Crippen molar-refractivity contribution in [3.05, 3.63) is 12.1 Å². The lowest BCUT2D eigenvalue weighted by Gasteiger charge is -2.30. The fraction of sp³-hybridized carbons (Fsp3) is 0.545. The first-order valence-electron chi connectivity index (χ1n) is 5.62. The van der Waals surface area contributed by atoms with Crippen LogP contribution in [0.15, 0.2) is 12.1 Å². The van der Waals surface area contributed by atoms with E-state index < -0.39 is 0 Å². The third-order valence-electron chi connectivity index (χ3n) is 2.93. The van der Waals surface area contributed by atoms with Gasteiger partial charge in [-0.3, -0.25) is 0 Å². The Bertz CT molecular complexity index is 365. The Morgan fingerprint density at radius 3 is 2.94 bits per heavy atom. The third-order valence-corrected chi connectivity index (χ3v) is 2.93. The number of hydrogen-bond acceptors (Lipinski definition) is 5. The molecule has 1 aliphatic heterocycles. The number of nitrogens with one attached hydrogen (secondary N) is 1. The van der Waals surface area contributed by atoms with Crippen LogP contribution in [0, 0.1) is 0 Å². The monoisotopic (exact) mass is 221 g/mol. The molecule has 0 aromatic carbocycles. The molecule has 0 saturated carbocycles. The largest absolute Gasteiger partial charge is 0.396 e. The van der Waals surface area contributed by atoms with E-state index in [1.165, 1.54) is 19.4 Å². The smallest absolute Gasteiger partial charge is 0.149 e. The zero-order valence-corrected chi connectivity index (χ0v) is 9.61. The predicted octanol–water partition coefficient (Wildman–Crippen LogP) is 0.752. The lowest BCUT2D eigenvalue weighted by molar-refractivity contribution is 0.261. The molecule has 0 aliphatic carbocycles. The van der Waals surface area contributed by atoms with Crippen molar-refractivity contribution in [1.29, 1.82) is 0 Å². The number of likely N-dealkylation sites (tertiary alicyclic amines) is 1. The van der Waals surface area contributed by atoms with Crippen LogP contribution in [0.2, 0.25) is 0 Å². The van der Waals surface area contributed by atoms with Crippen LogP contribution in [-0.2, 0) is 0 Å². The van der Waals surface area contributed by atoms with Crippen LogP contribution in [0.4, 0.5) is 17.3 Å². The zero-order chi connectivity index (χ0) is 11.5. The number of piperidine rings is 1. The second kappa shape index (κ2) is 4.57. The fourth-order valence-electron chi connectivity index (χ4n) is 2.06. The maximum Gasteiger partial charge on any atom is 0.149 e. The molecule has 1 aliphatic rings. The van der Waals surface area contributed by atoms with Crippen LogP contribution in [-0.4, -0.2) is 36.1 Å². The molecule has 0 amide bonds. The number of aromatic nitrogens is 1. The first-order valence-corrected chi connectivity index (χ1v) is 5.62. The molecular formula is C11H19N5. The average molecular weight is 221 g/mol. The van der Waals surface area contributed by atoms with Gasteiger partial charge in [0.1, 0.15) is 11.6 Å². The van der Waals surface area contributed by atoms with Gasteiger partial charge in [-0.15, -0.1) is 0 Å². The summed E-state index contributed by atoms with van der Waals surface area (Å²) in [6, 6.07) is 4.12. The van der Waals surface area contributed by atoms with E-state index in [1.807, 2.05) is 6.07 Å². The molecule has 1 atom stereocenters. The molecule has 5 heteroatoms. The minimum absolute atomic E-state index is 0.397. The van der Waals surface area contributed by atoms with Crippen molar-refractivity contribution >= 4 is 17.3 Å². The van der Waals surface area contributed by atoms with Crippen LogP contribution in [0.3, 0.4) is 0 Å². The van der Waals surface area contributed by atoms with Gasteiger partial charge in [0.15, 0.2) is 0 Å². The molecular weight excluding hydrogens is 202 g/mol. The van der Waals surface area contributed by atoms with Gasteiger partial charge in [-0.05, 0) is 38.6 Å². The Morgan fingerprint density at radius 1 is 1.44 bits per heavy atom. The topological polar surface area (TPSA) is 80.2 Å². The standard InChI is InChI=1S/C11H19N5/c1-16-6-2-3-8(7-16)14-10-5-4-9(12)11(13)15-10/h4-5,8H,2-3,6-7,12H2,1H3,(H3,13,14,15). The molecule has 2 rings (SSSR count). The molecule has 0 radical (unpaired) electrons. The van der Waals surface area contributed by atoms with Crippen LogP contribution < -0.4 is 16.8 Å². The Kier molecular flexibility index (Phi) is 3.14. The van der Waals surface area contributed by atoms with Crippen molar-refractivity contribution in [2.45, 2.75) is 18.9 Å². The van der Waals surface area contributed by atoms with Crippen molar-refractivity contribution in [3.63, 3.8) is 0 Å². The van der Waals surface area contributed by atoms with Crippen LogP contribution in [0.1, 0.15) is 12.8 Å². The predicted molar refractivity (Wildman–Crippen MR) is 67.2 cm³/mol. The number of anilines is 3. The number of likely N-dealkylation sites (N-methyl/N-ethyl adjacent to an activating group) is 1. The first-order chi connectivity index (χ1) is 7.65. The fourth-order valence-corrected chi connectivity index (χ4v) is 2.06. The summed E-state index contributed by atoms with van der Waals surface area (Å²) in [5.74, 6) is 1.21. The summed E-state index contributed by atoms with van der Waals surface area (Å²) in [5.41, 5.74) is 11.8. The third kappa shape index (κ3) is 2.55. The molecule has 5 nitrogen and oxygen atoms in total. The lowest BCUT2D eigenvalue weighted by atomic mass is 10.1. The summed E-state index contributed by atoms with van der Waals surface area (Å²) in [4.78, 5) is 6.54. The highest BCUT2D eigenvalue weighted by atomic mass is 15.2. The van der Waals surface area contributed by atoms with Crippen LogP contribution >= 0.6 is 0 Å². The highest BCUT2D eigenvalue weighted by Gasteiger charge is 2.17. The van der Waals surface area contributed by atoms with Crippen molar-refractivity contribution in [2.24, 2.45) is 0 Å². The molecule has 88 valence electrons. The average Bonchev–Trinajstić information content (AvgIpc) is 2.24. The summed E-state index contributed by atoms with van der Waals surface area (Å²) in [5, 5.41) is 3.39. The van der Waals surface area contributed by atoms with E-state index in [0.29, 0.717) is 17.5 Å². The van der Waals surface area contributed by atoms with E-state index in [1.54, 1.807) is 6.07 Å². The molecule has 2 heterocycles. The Labute approximate surface area is 95.8 Å². The SMILES string of the molecule is CN1CCCC(Nc2ccc(N)c(N)n2)C1. The molecule has 5 N–H and O–H groups in total. The number of hydrogen-bond donors (Lipinski definition) is 3. The number of rotatable bonds is 2. The van der Waals surface area contributed by atoms with Gasteiger partial charge in [0.25, 0.3) is 0 Å². The maximum absolute atomic E-state index is 5.67. The van der Waals surface area contributed by atoms with Gasteiger partial charge in [-0.25, -0.2) is 4.98 Å². The van der Waals surface area contributed by atoms with Crippen molar-refractivity contribution in [3.8, 4) is 0 Å². The van der Waals surface area contributed by atoms with E-state index in [4.69, 9.17) is 11.5 Å². The number of nitrogen functional groups attached to an aromatic ring is 2. The van der Waals surface area contributed by atoms with Gasteiger partial charge >= 0.3 is 0 Å². The Balaban J connectivity index is 2.00. The summed E-state index contributed by atoms with van der Waals surface area (Å²) in [7, 11) is 2.14. The first kappa shape index (κ1) is 11.0. The Hall–Kier alpha value is -1.49. The van der Waals surface area contributed by atoms with Crippen LogP contribution in [0.25, 0.3) is 0 Å². The van der Waals surface area contributed by atoms with E-state index >= 15 is 0 Å². The second-order valence-electron chi connectivity index (χ2n) is 4.42. The van der Waals surface area contributed by atoms with Gasteiger partial charge in [-0.1, -0.05) is 0 Å². The number of nitrogens with two attached hydrogens (primary N) is 2. The lowest BCUT2D eigenvalue weighted by Crippen LogP contribution is -2.39. The van der Waals surface area contributed by atoms with Gasteiger partial charge in [-0.2, -0.15) is 0 Å². The van der Waals surface area contributed by atoms with E-state index in [0.717, 1.165) is 12.4 Å². The van der Waals surface area contributed by atoms with Crippen LogP contribution in [0.5, 0.6) is 0 Å². The Morgan fingerprint density at radius 2 is 2.25 bits per heavy atom. The molecule has 1 unspecified atom stereocenters.